The van der Waals surface area contributed by atoms with Gasteiger partial charge in [0.05, 0.1) is 13.3 Å². The smallest absolute Gasteiger partial charge is 0.407 e. The summed E-state index contributed by atoms with van der Waals surface area (Å²) < 4.78 is 4.50. The zero-order valence-corrected chi connectivity index (χ0v) is 17.3. The fourth-order valence-corrected chi connectivity index (χ4v) is 3.22. The molecule has 0 aliphatic heterocycles. The van der Waals surface area contributed by atoms with Crippen molar-refractivity contribution in [1.29, 1.82) is 0 Å². The Hall–Kier alpha value is -4.21. The van der Waals surface area contributed by atoms with E-state index < -0.39 is 30.1 Å². The number of methoxy groups -OCH3 is 1. The normalized spacial score (nSPS) is 12.4. The van der Waals surface area contributed by atoms with Crippen LogP contribution in [0.5, 0.6) is 0 Å². The summed E-state index contributed by atoms with van der Waals surface area (Å²) in [4.78, 5) is 35.7. The molecule has 10 heteroatoms. The van der Waals surface area contributed by atoms with E-state index in [-0.39, 0.29) is 12.1 Å². The largest absolute Gasteiger partial charge is 0.480 e. The number of amides is 2. The van der Waals surface area contributed by atoms with Gasteiger partial charge >= 0.3 is 12.1 Å². The molecule has 0 aliphatic rings. The van der Waals surface area contributed by atoms with Crippen LogP contribution in [0.3, 0.4) is 0 Å². The van der Waals surface area contributed by atoms with Crippen LogP contribution < -0.4 is 10.6 Å². The van der Waals surface area contributed by atoms with Crippen LogP contribution in [0, 0.1) is 0 Å². The lowest BCUT2D eigenvalue weighted by Gasteiger charge is -2.22. The number of ether oxygens (including phenoxy) is 1. The second-order valence-electron chi connectivity index (χ2n) is 7.06. The van der Waals surface area contributed by atoms with Gasteiger partial charge in [0.25, 0.3) is 5.91 Å². The van der Waals surface area contributed by atoms with Crippen LogP contribution in [0.2, 0.25) is 0 Å². The molecule has 0 saturated carbocycles. The number of hydrogen-bond donors (Lipinski definition) is 4. The van der Waals surface area contributed by atoms with Crippen molar-refractivity contribution in [3.05, 3.63) is 72.1 Å². The molecule has 32 heavy (non-hydrogen) atoms. The number of nitrogens with one attached hydrogen (secondary N) is 3. The van der Waals surface area contributed by atoms with E-state index in [1.165, 1.54) is 6.20 Å². The lowest BCUT2D eigenvalue weighted by atomic mass is 9.97. The van der Waals surface area contributed by atoms with Gasteiger partial charge in [0.2, 0.25) is 0 Å². The minimum atomic E-state index is -1.26. The number of rotatable bonds is 9. The quantitative estimate of drug-likeness (QED) is 0.400. The highest BCUT2D eigenvalue weighted by Gasteiger charge is 2.26. The van der Waals surface area contributed by atoms with Gasteiger partial charge < -0.3 is 20.5 Å². The van der Waals surface area contributed by atoms with E-state index in [0.29, 0.717) is 6.42 Å². The van der Waals surface area contributed by atoms with E-state index in [0.717, 1.165) is 23.8 Å². The first kappa shape index (κ1) is 22.5. The Bertz CT molecular complexity index is 1040. The molecular formula is C22H23N5O5. The van der Waals surface area contributed by atoms with E-state index in [9.17, 15) is 19.5 Å². The number of hydrogen-bond acceptors (Lipinski definition) is 6. The van der Waals surface area contributed by atoms with Crippen LogP contribution in [0.1, 0.15) is 22.5 Å². The van der Waals surface area contributed by atoms with Crippen molar-refractivity contribution in [1.82, 2.24) is 26.0 Å². The van der Waals surface area contributed by atoms with Gasteiger partial charge in [-0.3, -0.25) is 9.89 Å². The van der Waals surface area contributed by atoms with E-state index in [1.54, 1.807) is 0 Å². The Balaban J connectivity index is 1.77. The van der Waals surface area contributed by atoms with Crippen molar-refractivity contribution >= 4 is 18.0 Å². The Labute approximate surface area is 184 Å². The number of H-pyrrole nitrogens is 1. The fraction of sp³-hybridized carbons (Fsp3) is 0.227. The third-order valence-corrected chi connectivity index (χ3v) is 4.82. The van der Waals surface area contributed by atoms with Crippen molar-refractivity contribution in [2.45, 2.75) is 24.9 Å². The summed E-state index contributed by atoms with van der Waals surface area (Å²) in [5.74, 6) is -1.75. The first-order valence-electron chi connectivity index (χ1n) is 9.85. The summed E-state index contributed by atoms with van der Waals surface area (Å²) in [5.41, 5.74) is 3.07. The van der Waals surface area contributed by atoms with Gasteiger partial charge in [0, 0.05) is 6.04 Å². The first-order chi connectivity index (χ1) is 15.5. The lowest BCUT2D eigenvalue weighted by Crippen LogP contribution is -2.47. The summed E-state index contributed by atoms with van der Waals surface area (Å²) in [6.07, 6.45) is 0.744. The maximum Gasteiger partial charge on any atom is 0.407 e. The van der Waals surface area contributed by atoms with E-state index in [2.05, 4.69) is 30.8 Å². The van der Waals surface area contributed by atoms with Crippen molar-refractivity contribution in [2.75, 3.05) is 7.11 Å². The Kier molecular flexibility index (Phi) is 7.52. The van der Waals surface area contributed by atoms with E-state index in [1.807, 2.05) is 54.6 Å². The second kappa shape index (κ2) is 10.7. The number of carbonyl (C=O) groups excluding carboxylic acids is 2. The van der Waals surface area contributed by atoms with Gasteiger partial charge in [-0.25, -0.2) is 9.59 Å². The van der Waals surface area contributed by atoms with E-state index in [4.69, 9.17) is 0 Å². The predicted molar refractivity (Wildman–Crippen MR) is 115 cm³/mol. The minimum absolute atomic E-state index is 0.0611. The number of carbonyl (C=O) groups is 3. The lowest BCUT2D eigenvalue weighted by molar-refractivity contribution is -0.139. The average molecular weight is 437 g/mol. The van der Waals surface area contributed by atoms with Crippen LogP contribution in [0.25, 0.3) is 11.1 Å². The van der Waals surface area contributed by atoms with Gasteiger partial charge in [-0.15, -0.1) is 5.10 Å². The summed E-state index contributed by atoms with van der Waals surface area (Å²) in [6.45, 7) is 0. The zero-order valence-electron chi connectivity index (χ0n) is 17.3. The monoisotopic (exact) mass is 437 g/mol. The second-order valence-corrected chi connectivity index (χ2v) is 7.06. The molecule has 2 atom stereocenters. The molecule has 3 aromatic rings. The van der Waals surface area contributed by atoms with Crippen LogP contribution in [-0.4, -0.2) is 57.7 Å². The molecule has 0 spiro atoms. The number of carboxylic acids is 1. The molecule has 10 nitrogen and oxygen atoms in total. The topological polar surface area (TPSA) is 146 Å². The van der Waals surface area contributed by atoms with Crippen molar-refractivity contribution < 1.29 is 24.2 Å². The molecule has 0 radical (unpaired) electrons. The Morgan fingerprint density at radius 2 is 1.72 bits per heavy atom. The SMILES string of the molecule is COC(=O)N[C@H](C[C@@H](Cc1ccc(-c2ccccc2)cc1)NC(=O)c1c[nH]nn1)C(=O)O. The third-order valence-electron chi connectivity index (χ3n) is 4.82. The molecule has 3 rings (SSSR count). The first-order valence-corrected chi connectivity index (χ1v) is 9.85. The molecule has 0 aliphatic carbocycles. The maximum absolute atomic E-state index is 12.5. The van der Waals surface area contributed by atoms with Crippen LogP contribution in [0.4, 0.5) is 4.79 Å². The van der Waals surface area contributed by atoms with Gasteiger partial charge in [0.15, 0.2) is 5.69 Å². The third kappa shape index (κ3) is 6.14. The van der Waals surface area contributed by atoms with Crippen molar-refractivity contribution in [2.24, 2.45) is 0 Å². The number of aliphatic carboxylic acids is 1. The molecule has 2 amide bonds. The molecule has 0 unspecified atom stereocenters. The molecule has 1 heterocycles. The fourth-order valence-electron chi connectivity index (χ4n) is 3.22. The van der Waals surface area contributed by atoms with Crippen molar-refractivity contribution in [3.8, 4) is 11.1 Å². The highest BCUT2D eigenvalue weighted by Crippen LogP contribution is 2.20. The molecule has 1 aromatic heterocycles. The summed E-state index contributed by atoms with van der Waals surface area (Å²) in [6, 6.07) is 15.8. The average Bonchev–Trinajstić information content (AvgIpc) is 3.34. The van der Waals surface area contributed by atoms with E-state index >= 15 is 0 Å². The molecule has 0 bridgehead atoms. The number of nitrogens with zero attached hydrogens (tertiary/aromatic N) is 2. The van der Waals surface area contributed by atoms with Crippen LogP contribution in [0.15, 0.2) is 60.8 Å². The number of carboxylic acid groups (broad SMARTS) is 1. The molecular weight excluding hydrogens is 414 g/mol. The van der Waals surface area contributed by atoms with Crippen molar-refractivity contribution in [3.63, 3.8) is 0 Å². The highest BCUT2D eigenvalue weighted by atomic mass is 16.5. The maximum atomic E-state index is 12.5. The Morgan fingerprint density at radius 3 is 2.31 bits per heavy atom. The van der Waals surface area contributed by atoms with Crippen LogP contribution in [-0.2, 0) is 16.0 Å². The number of aromatic nitrogens is 3. The minimum Gasteiger partial charge on any atom is -0.480 e. The van der Waals surface area contributed by atoms with Gasteiger partial charge in [-0.05, 0) is 29.5 Å². The standard InChI is InChI=1S/C22H23N5O5/c1-32-22(31)25-18(21(29)30)12-17(24-20(28)19-13-23-27-26-19)11-14-7-9-16(10-8-14)15-5-3-2-4-6-15/h2-10,13,17-18H,11-12H2,1H3,(H,24,28)(H,25,31)(H,29,30)(H,23,26,27)/t17-,18-/m1/s1. The molecule has 4 N–H and O–H groups in total. The van der Waals surface area contributed by atoms with Gasteiger partial charge in [0.1, 0.15) is 6.04 Å². The summed E-state index contributed by atoms with van der Waals surface area (Å²) in [7, 11) is 1.15. The zero-order chi connectivity index (χ0) is 22.9. The number of alkyl carbamates (subject to hydrolysis) is 1. The molecule has 0 saturated heterocycles. The molecule has 0 fully saturated rings. The highest BCUT2D eigenvalue weighted by molar-refractivity contribution is 5.92. The van der Waals surface area contributed by atoms with Gasteiger partial charge in [-0.2, -0.15) is 0 Å². The number of aromatic amines is 1. The van der Waals surface area contributed by atoms with Crippen LogP contribution >= 0.6 is 0 Å². The summed E-state index contributed by atoms with van der Waals surface area (Å²) >= 11 is 0. The van der Waals surface area contributed by atoms with Gasteiger partial charge in [-0.1, -0.05) is 59.8 Å². The predicted octanol–water partition coefficient (Wildman–Crippen LogP) is 2.01. The molecule has 2 aromatic carbocycles. The molecule has 166 valence electrons. The Morgan fingerprint density at radius 1 is 1.03 bits per heavy atom. The summed E-state index contributed by atoms with van der Waals surface area (Å²) in [5, 5.41) is 24.2. The number of benzene rings is 2.